The zero-order chi connectivity index (χ0) is 11.1. The number of thioether (sulfide) groups is 1. The molecule has 1 aromatic carbocycles. The Morgan fingerprint density at radius 2 is 2.20 bits per heavy atom. The van der Waals surface area contributed by atoms with Gasteiger partial charge in [0.15, 0.2) is 5.12 Å². The lowest BCUT2D eigenvalue weighted by Gasteiger charge is -1.95. The molecule has 1 aromatic rings. The van der Waals surface area contributed by atoms with Crippen molar-refractivity contribution in [3.63, 3.8) is 0 Å². The summed E-state index contributed by atoms with van der Waals surface area (Å²) in [5.74, 6) is 0.535. The predicted molar refractivity (Wildman–Crippen MR) is 63.2 cm³/mol. The van der Waals surface area contributed by atoms with Crippen LogP contribution in [-0.2, 0) is 4.79 Å². The fourth-order valence-corrected chi connectivity index (χ4v) is 1.63. The SMILES string of the molecule is CC(=O)SCCC=Cc1ccccc1F. The fourth-order valence-electron chi connectivity index (χ4n) is 1.09. The second-order valence-electron chi connectivity index (χ2n) is 3.05. The van der Waals surface area contributed by atoms with E-state index in [0.717, 1.165) is 12.2 Å². The van der Waals surface area contributed by atoms with Gasteiger partial charge in [0.05, 0.1) is 0 Å². The summed E-state index contributed by atoms with van der Waals surface area (Å²) in [6.07, 6.45) is 4.41. The van der Waals surface area contributed by atoms with Crippen LogP contribution in [0, 0.1) is 5.82 Å². The summed E-state index contributed by atoms with van der Waals surface area (Å²) in [5, 5.41) is 0.120. The van der Waals surface area contributed by atoms with Gasteiger partial charge in [-0.2, -0.15) is 0 Å². The smallest absolute Gasteiger partial charge is 0.185 e. The van der Waals surface area contributed by atoms with Crippen molar-refractivity contribution in [1.82, 2.24) is 0 Å². The number of halogens is 1. The van der Waals surface area contributed by atoms with Gasteiger partial charge in [0.25, 0.3) is 0 Å². The third-order valence-corrected chi connectivity index (χ3v) is 2.64. The largest absolute Gasteiger partial charge is 0.288 e. The highest BCUT2D eigenvalue weighted by atomic mass is 32.2. The topological polar surface area (TPSA) is 17.1 Å². The molecule has 1 nitrogen and oxygen atoms in total. The molecule has 3 heteroatoms. The summed E-state index contributed by atoms with van der Waals surface area (Å²) in [6, 6.07) is 6.62. The van der Waals surface area contributed by atoms with Crippen LogP contribution in [0.3, 0.4) is 0 Å². The van der Waals surface area contributed by atoms with Crippen molar-refractivity contribution in [2.75, 3.05) is 5.75 Å². The molecular weight excluding hydrogens is 211 g/mol. The Morgan fingerprint density at radius 1 is 1.47 bits per heavy atom. The maximum atomic E-state index is 13.1. The molecule has 80 valence electrons. The molecule has 0 unspecified atom stereocenters. The van der Waals surface area contributed by atoms with E-state index in [1.807, 2.05) is 6.08 Å². The van der Waals surface area contributed by atoms with Crippen molar-refractivity contribution in [2.24, 2.45) is 0 Å². The molecular formula is C12H13FOS. The minimum absolute atomic E-state index is 0.120. The van der Waals surface area contributed by atoms with E-state index in [-0.39, 0.29) is 10.9 Å². The summed E-state index contributed by atoms with van der Waals surface area (Å²) in [5.41, 5.74) is 0.588. The first-order valence-corrected chi connectivity index (χ1v) is 5.73. The number of allylic oxidation sites excluding steroid dienone is 1. The van der Waals surface area contributed by atoms with Gasteiger partial charge in [-0.05, 0) is 12.5 Å². The molecule has 0 atom stereocenters. The average molecular weight is 224 g/mol. The van der Waals surface area contributed by atoms with Crippen LogP contribution in [0.1, 0.15) is 18.9 Å². The van der Waals surface area contributed by atoms with Gasteiger partial charge >= 0.3 is 0 Å². The van der Waals surface area contributed by atoms with Crippen molar-refractivity contribution in [2.45, 2.75) is 13.3 Å². The Morgan fingerprint density at radius 3 is 2.87 bits per heavy atom. The Labute approximate surface area is 93.4 Å². The van der Waals surface area contributed by atoms with E-state index in [4.69, 9.17) is 0 Å². The first-order chi connectivity index (χ1) is 7.20. The molecule has 0 fully saturated rings. The molecule has 0 N–H and O–H groups in total. The van der Waals surface area contributed by atoms with E-state index >= 15 is 0 Å². The summed E-state index contributed by atoms with van der Waals surface area (Å²) >= 11 is 1.29. The molecule has 0 saturated heterocycles. The summed E-state index contributed by atoms with van der Waals surface area (Å²) in [4.78, 5) is 10.6. The van der Waals surface area contributed by atoms with Crippen LogP contribution in [0.2, 0.25) is 0 Å². The molecule has 1 rings (SSSR count). The summed E-state index contributed by atoms with van der Waals surface area (Å²) in [7, 11) is 0. The van der Waals surface area contributed by atoms with E-state index in [1.165, 1.54) is 17.8 Å². The van der Waals surface area contributed by atoms with Gasteiger partial charge in [-0.15, -0.1) is 0 Å². The van der Waals surface area contributed by atoms with Gasteiger partial charge in [0.2, 0.25) is 0 Å². The highest BCUT2D eigenvalue weighted by Crippen LogP contribution is 2.10. The molecule has 0 aliphatic heterocycles. The zero-order valence-corrected chi connectivity index (χ0v) is 9.39. The lowest BCUT2D eigenvalue weighted by atomic mass is 10.2. The molecule has 0 heterocycles. The van der Waals surface area contributed by atoms with E-state index in [9.17, 15) is 9.18 Å². The van der Waals surface area contributed by atoms with Crippen LogP contribution in [0.15, 0.2) is 30.3 Å². The second-order valence-corrected chi connectivity index (χ2v) is 4.32. The predicted octanol–water partition coefficient (Wildman–Crippen LogP) is 3.51. The van der Waals surface area contributed by atoms with Crippen molar-refractivity contribution >= 4 is 23.0 Å². The molecule has 0 spiro atoms. The van der Waals surface area contributed by atoms with Gasteiger partial charge in [-0.3, -0.25) is 4.79 Å². The Bertz CT molecular complexity index is 360. The van der Waals surface area contributed by atoms with Crippen LogP contribution in [0.4, 0.5) is 4.39 Å². The van der Waals surface area contributed by atoms with Crippen molar-refractivity contribution in [3.8, 4) is 0 Å². The minimum Gasteiger partial charge on any atom is -0.288 e. The first kappa shape index (κ1) is 12.0. The van der Waals surface area contributed by atoms with Gasteiger partial charge in [-0.25, -0.2) is 4.39 Å². The van der Waals surface area contributed by atoms with Crippen molar-refractivity contribution < 1.29 is 9.18 Å². The van der Waals surface area contributed by atoms with E-state index in [2.05, 4.69) is 0 Å². The Kier molecular flexibility index (Phi) is 5.12. The minimum atomic E-state index is -0.215. The van der Waals surface area contributed by atoms with Crippen molar-refractivity contribution in [1.29, 1.82) is 0 Å². The molecule has 0 bridgehead atoms. The first-order valence-electron chi connectivity index (χ1n) is 4.74. The molecule has 0 aliphatic carbocycles. The monoisotopic (exact) mass is 224 g/mol. The van der Waals surface area contributed by atoms with Crippen LogP contribution >= 0.6 is 11.8 Å². The maximum absolute atomic E-state index is 13.1. The normalized spacial score (nSPS) is 10.8. The van der Waals surface area contributed by atoms with E-state index < -0.39 is 0 Å². The van der Waals surface area contributed by atoms with Crippen molar-refractivity contribution in [3.05, 3.63) is 41.7 Å². The van der Waals surface area contributed by atoms with Gasteiger partial charge < -0.3 is 0 Å². The zero-order valence-electron chi connectivity index (χ0n) is 8.57. The Hall–Kier alpha value is -1.09. The number of benzene rings is 1. The number of carbonyl (C=O) groups excluding carboxylic acids is 1. The number of hydrogen-bond donors (Lipinski definition) is 0. The number of rotatable bonds is 4. The van der Waals surface area contributed by atoms with Crippen LogP contribution in [0.25, 0.3) is 6.08 Å². The molecule has 15 heavy (non-hydrogen) atoms. The summed E-state index contributed by atoms with van der Waals surface area (Å²) < 4.78 is 13.1. The molecule has 0 radical (unpaired) electrons. The highest BCUT2D eigenvalue weighted by molar-refractivity contribution is 8.13. The molecule has 0 aromatic heterocycles. The number of carbonyl (C=O) groups is 1. The van der Waals surface area contributed by atoms with Gasteiger partial charge in [0.1, 0.15) is 5.82 Å². The molecule has 0 amide bonds. The Balaban J connectivity index is 2.38. The van der Waals surface area contributed by atoms with E-state index in [1.54, 1.807) is 31.2 Å². The second kappa shape index (κ2) is 6.40. The quantitative estimate of drug-likeness (QED) is 0.728. The van der Waals surface area contributed by atoms with Crippen LogP contribution in [0.5, 0.6) is 0 Å². The molecule has 0 saturated carbocycles. The molecule has 0 aliphatic rings. The van der Waals surface area contributed by atoms with Gasteiger partial charge in [0, 0.05) is 18.2 Å². The third kappa shape index (κ3) is 4.79. The van der Waals surface area contributed by atoms with Gasteiger partial charge in [-0.1, -0.05) is 42.1 Å². The third-order valence-electron chi connectivity index (χ3n) is 1.79. The lowest BCUT2D eigenvalue weighted by Crippen LogP contribution is -1.84. The fraction of sp³-hybridized carbons (Fsp3) is 0.250. The average Bonchev–Trinajstić information content (AvgIpc) is 2.20. The maximum Gasteiger partial charge on any atom is 0.185 e. The van der Waals surface area contributed by atoms with Crippen LogP contribution in [-0.4, -0.2) is 10.9 Å². The lowest BCUT2D eigenvalue weighted by molar-refractivity contribution is -0.109. The summed E-state index contributed by atoms with van der Waals surface area (Å²) in [6.45, 7) is 1.55. The van der Waals surface area contributed by atoms with Crippen LogP contribution < -0.4 is 0 Å². The van der Waals surface area contributed by atoms with E-state index in [0.29, 0.717) is 5.56 Å². The standard InChI is InChI=1S/C12H13FOS/c1-10(14)15-9-5-4-7-11-6-2-3-8-12(11)13/h2-4,6-8H,5,9H2,1H3. The number of hydrogen-bond acceptors (Lipinski definition) is 2. The highest BCUT2D eigenvalue weighted by Gasteiger charge is 1.95.